The Morgan fingerprint density at radius 1 is 1.00 bits per heavy atom. The normalized spacial score (nSPS) is 11.4. The average Bonchev–Trinajstić information content (AvgIpc) is 2.37. The monoisotopic (exact) mass is 256 g/mol. The standard InChI is InChI=1S/C17H17FO/c1-17(2,3)14-6-4-12(5-7-14)16-9-8-15(18)10-13(16)11-19/h4-11H,1-3H3. The second kappa shape index (κ2) is 4.96. The quantitative estimate of drug-likeness (QED) is 0.717. The van der Waals surface area contributed by atoms with Gasteiger partial charge in [0, 0.05) is 5.56 Å². The molecule has 0 aliphatic heterocycles. The van der Waals surface area contributed by atoms with E-state index in [9.17, 15) is 9.18 Å². The lowest BCUT2D eigenvalue weighted by atomic mass is 9.86. The summed E-state index contributed by atoms with van der Waals surface area (Å²) in [4.78, 5) is 11.0. The first-order valence-electron chi connectivity index (χ1n) is 6.27. The number of aldehydes is 1. The first kappa shape index (κ1) is 13.5. The molecule has 19 heavy (non-hydrogen) atoms. The van der Waals surface area contributed by atoms with Gasteiger partial charge < -0.3 is 0 Å². The molecule has 1 nitrogen and oxygen atoms in total. The van der Waals surface area contributed by atoms with Gasteiger partial charge in [0.25, 0.3) is 0 Å². The zero-order valence-corrected chi connectivity index (χ0v) is 11.4. The van der Waals surface area contributed by atoms with Crippen molar-refractivity contribution in [3.8, 4) is 11.1 Å². The minimum atomic E-state index is -0.392. The van der Waals surface area contributed by atoms with E-state index in [2.05, 4.69) is 20.8 Å². The molecule has 0 aliphatic rings. The van der Waals surface area contributed by atoms with Gasteiger partial charge in [0.2, 0.25) is 0 Å². The van der Waals surface area contributed by atoms with E-state index in [0.717, 1.165) is 11.1 Å². The maximum atomic E-state index is 13.1. The number of benzene rings is 2. The highest BCUT2D eigenvalue weighted by Crippen LogP contribution is 2.27. The van der Waals surface area contributed by atoms with Gasteiger partial charge in [0.15, 0.2) is 6.29 Å². The van der Waals surface area contributed by atoms with Gasteiger partial charge in [-0.15, -0.1) is 0 Å². The van der Waals surface area contributed by atoms with E-state index in [1.165, 1.54) is 17.7 Å². The second-order valence-corrected chi connectivity index (χ2v) is 5.68. The van der Waals surface area contributed by atoms with Crippen LogP contribution >= 0.6 is 0 Å². The van der Waals surface area contributed by atoms with Gasteiger partial charge in [-0.05, 0) is 34.2 Å². The van der Waals surface area contributed by atoms with E-state index >= 15 is 0 Å². The first-order valence-corrected chi connectivity index (χ1v) is 6.27. The van der Waals surface area contributed by atoms with Crippen molar-refractivity contribution in [2.24, 2.45) is 0 Å². The van der Waals surface area contributed by atoms with Crippen molar-refractivity contribution in [2.45, 2.75) is 26.2 Å². The minimum Gasteiger partial charge on any atom is -0.298 e. The van der Waals surface area contributed by atoms with Crippen molar-refractivity contribution in [1.29, 1.82) is 0 Å². The Morgan fingerprint density at radius 2 is 1.63 bits per heavy atom. The predicted octanol–water partition coefficient (Wildman–Crippen LogP) is 4.60. The maximum absolute atomic E-state index is 13.1. The third-order valence-electron chi connectivity index (χ3n) is 3.20. The van der Waals surface area contributed by atoms with Gasteiger partial charge in [-0.25, -0.2) is 4.39 Å². The van der Waals surface area contributed by atoms with E-state index in [4.69, 9.17) is 0 Å². The summed E-state index contributed by atoms with van der Waals surface area (Å²) in [6.07, 6.45) is 0.691. The third-order valence-corrected chi connectivity index (χ3v) is 3.20. The topological polar surface area (TPSA) is 17.1 Å². The highest BCUT2D eigenvalue weighted by atomic mass is 19.1. The molecule has 0 radical (unpaired) electrons. The van der Waals surface area contributed by atoms with Crippen molar-refractivity contribution >= 4 is 6.29 Å². The Kier molecular flexibility index (Phi) is 3.52. The summed E-state index contributed by atoms with van der Waals surface area (Å²) in [7, 11) is 0. The summed E-state index contributed by atoms with van der Waals surface area (Å²) in [5.41, 5.74) is 3.39. The lowest BCUT2D eigenvalue weighted by molar-refractivity contribution is 0.112. The summed E-state index contributed by atoms with van der Waals surface area (Å²) in [6.45, 7) is 6.45. The lowest BCUT2D eigenvalue weighted by Gasteiger charge is -2.19. The SMILES string of the molecule is CC(C)(C)c1ccc(-c2ccc(F)cc2C=O)cc1. The zero-order valence-electron chi connectivity index (χ0n) is 11.4. The fourth-order valence-electron chi connectivity index (χ4n) is 2.04. The van der Waals surface area contributed by atoms with Crippen LogP contribution in [0.3, 0.4) is 0 Å². The van der Waals surface area contributed by atoms with E-state index in [1.54, 1.807) is 6.07 Å². The van der Waals surface area contributed by atoms with Crippen LogP contribution in [0.2, 0.25) is 0 Å². The van der Waals surface area contributed by atoms with E-state index < -0.39 is 5.82 Å². The van der Waals surface area contributed by atoms with Crippen molar-refractivity contribution in [2.75, 3.05) is 0 Å². The third kappa shape index (κ3) is 2.90. The number of carbonyl (C=O) groups excluding carboxylic acids is 1. The molecule has 0 spiro atoms. The zero-order chi connectivity index (χ0) is 14.0. The number of hydrogen-bond acceptors (Lipinski definition) is 1. The second-order valence-electron chi connectivity index (χ2n) is 5.68. The molecule has 0 unspecified atom stereocenters. The van der Waals surface area contributed by atoms with Crippen LogP contribution in [-0.4, -0.2) is 6.29 Å². The van der Waals surface area contributed by atoms with Crippen LogP contribution in [0.4, 0.5) is 4.39 Å². The summed E-state index contributed by atoms with van der Waals surface area (Å²) in [5.74, 6) is -0.392. The summed E-state index contributed by atoms with van der Waals surface area (Å²) >= 11 is 0. The van der Waals surface area contributed by atoms with E-state index in [-0.39, 0.29) is 5.41 Å². The number of hydrogen-bond donors (Lipinski definition) is 0. The molecule has 2 rings (SSSR count). The Balaban J connectivity index is 2.46. The van der Waals surface area contributed by atoms with Crippen LogP contribution in [-0.2, 0) is 5.41 Å². The molecule has 2 aromatic rings. The Labute approximate surface area is 113 Å². The van der Waals surface area contributed by atoms with Crippen LogP contribution in [0.15, 0.2) is 42.5 Å². The van der Waals surface area contributed by atoms with Crippen molar-refractivity contribution < 1.29 is 9.18 Å². The highest BCUT2D eigenvalue weighted by Gasteiger charge is 2.13. The number of carbonyl (C=O) groups is 1. The Morgan fingerprint density at radius 3 is 2.16 bits per heavy atom. The summed E-state index contributed by atoms with van der Waals surface area (Å²) in [6, 6.07) is 12.3. The smallest absolute Gasteiger partial charge is 0.150 e. The van der Waals surface area contributed by atoms with Crippen molar-refractivity contribution in [3.05, 3.63) is 59.4 Å². The number of rotatable bonds is 2. The van der Waals surface area contributed by atoms with Crippen molar-refractivity contribution in [3.63, 3.8) is 0 Å². The van der Waals surface area contributed by atoms with Crippen LogP contribution < -0.4 is 0 Å². The highest BCUT2D eigenvalue weighted by molar-refractivity contribution is 5.87. The largest absolute Gasteiger partial charge is 0.298 e. The molecular weight excluding hydrogens is 239 g/mol. The molecule has 2 heteroatoms. The fraction of sp³-hybridized carbons (Fsp3) is 0.235. The van der Waals surface area contributed by atoms with Crippen LogP contribution in [0.25, 0.3) is 11.1 Å². The van der Waals surface area contributed by atoms with Gasteiger partial charge in [0.1, 0.15) is 5.82 Å². The summed E-state index contributed by atoms with van der Waals surface area (Å²) < 4.78 is 13.1. The molecule has 0 atom stereocenters. The van der Waals surface area contributed by atoms with Crippen LogP contribution in [0, 0.1) is 5.82 Å². The van der Waals surface area contributed by atoms with Crippen LogP contribution in [0.1, 0.15) is 36.7 Å². The Bertz CT molecular complexity index is 592. The van der Waals surface area contributed by atoms with Crippen LogP contribution in [0.5, 0.6) is 0 Å². The van der Waals surface area contributed by atoms with Gasteiger partial charge >= 0.3 is 0 Å². The molecule has 0 heterocycles. The molecule has 0 N–H and O–H groups in total. The first-order chi connectivity index (χ1) is 8.91. The molecule has 0 saturated carbocycles. The summed E-state index contributed by atoms with van der Waals surface area (Å²) in [5, 5.41) is 0. The molecule has 0 amide bonds. The van der Waals surface area contributed by atoms with Gasteiger partial charge in [0.05, 0.1) is 0 Å². The van der Waals surface area contributed by atoms with Gasteiger partial charge in [-0.1, -0.05) is 51.1 Å². The number of halogens is 1. The Hall–Kier alpha value is -1.96. The molecule has 2 aromatic carbocycles. The molecule has 0 fully saturated rings. The van der Waals surface area contributed by atoms with Gasteiger partial charge in [-0.2, -0.15) is 0 Å². The minimum absolute atomic E-state index is 0.0921. The molecule has 98 valence electrons. The molecular formula is C17H17FO. The lowest BCUT2D eigenvalue weighted by Crippen LogP contribution is -2.10. The van der Waals surface area contributed by atoms with E-state index in [0.29, 0.717) is 11.8 Å². The molecule has 0 aliphatic carbocycles. The van der Waals surface area contributed by atoms with Crippen molar-refractivity contribution in [1.82, 2.24) is 0 Å². The molecule has 0 aromatic heterocycles. The van der Waals surface area contributed by atoms with E-state index in [1.807, 2.05) is 24.3 Å². The molecule has 0 saturated heterocycles. The average molecular weight is 256 g/mol. The predicted molar refractivity (Wildman–Crippen MR) is 75.9 cm³/mol. The van der Waals surface area contributed by atoms with Gasteiger partial charge in [-0.3, -0.25) is 4.79 Å². The maximum Gasteiger partial charge on any atom is 0.150 e. The fourth-order valence-corrected chi connectivity index (χ4v) is 2.04. The molecule has 0 bridgehead atoms.